The van der Waals surface area contributed by atoms with E-state index >= 15 is 0 Å². The molecule has 1 rings (SSSR count). The van der Waals surface area contributed by atoms with Crippen LogP contribution in [0.3, 0.4) is 0 Å². The van der Waals surface area contributed by atoms with E-state index in [0.29, 0.717) is 6.61 Å². The molecule has 0 aromatic carbocycles. The van der Waals surface area contributed by atoms with Gasteiger partial charge in [0.2, 0.25) is 0 Å². The van der Waals surface area contributed by atoms with Crippen LogP contribution in [0.1, 0.15) is 13.3 Å². The molecule has 0 amide bonds. The van der Waals surface area contributed by atoms with Crippen LogP contribution in [0.15, 0.2) is 36.6 Å². The highest BCUT2D eigenvalue weighted by Crippen LogP contribution is 2.26. The maximum Gasteiger partial charge on any atom is 0.108 e. The monoisotopic (exact) mass is 193 g/mol. The Morgan fingerprint density at radius 1 is 1.64 bits per heavy atom. The predicted octanol–water partition coefficient (Wildman–Crippen LogP) is 2.35. The number of hydrogen-bond acceptors (Lipinski definition) is 2. The fourth-order valence-electron chi connectivity index (χ4n) is 1.54. The summed E-state index contributed by atoms with van der Waals surface area (Å²) in [7, 11) is 4.08. The minimum atomic E-state index is -0.283. The maximum absolute atomic E-state index is 5.68. The summed E-state index contributed by atoms with van der Waals surface area (Å²) in [6.07, 6.45) is 9.08. The van der Waals surface area contributed by atoms with E-state index in [4.69, 9.17) is 4.74 Å². The minimum absolute atomic E-state index is 0.283. The van der Waals surface area contributed by atoms with Crippen molar-refractivity contribution in [2.45, 2.75) is 18.9 Å². The van der Waals surface area contributed by atoms with Gasteiger partial charge in [0, 0.05) is 32.8 Å². The zero-order valence-corrected chi connectivity index (χ0v) is 9.29. The van der Waals surface area contributed by atoms with Gasteiger partial charge in [0.25, 0.3) is 0 Å². The van der Waals surface area contributed by atoms with Crippen LogP contribution in [0.5, 0.6) is 0 Å². The third-order valence-corrected chi connectivity index (χ3v) is 2.44. The van der Waals surface area contributed by atoms with Gasteiger partial charge < -0.3 is 9.64 Å². The average molecular weight is 193 g/mol. The van der Waals surface area contributed by atoms with Crippen molar-refractivity contribution in [2.75, 3.05) is 20.7 Å². The molecule has 0 saturated carbocycles. The van der Waals surface area contributed by atoms with Gasteiger partial charge in [0.1, 0.15) is 5.60 Å². The molecule has 0 aromatic rings. The molecule has 0 fully saturated rings. The van der Waals surface area contributed by atoms with Crippen molar-refractivity contribution in [3.8, 4) is 0 Å². The van der Waals surface area contributed by atoms with Crippen LogP contribution in [-0.4, -0.2) is 31.2 Å². The van der Waals surface area contributed by atoms with Crippen molar-refractivity contribution in [1.29, 1.82) is 0 Å². The molecule has 0 saturated heterocycles. The average Bonchev–Trinajstić information content (AvgIpc) is 2.19. The molecule has 2 heteroatoms. The van der Waals surface area contributed by atoms with Gasteiger partial charge in [0.05, 0.1) is 0 Å². The molecule has 1 unspecified atom stereocenters. The largest absolute Gasteiger partial charge is 0.378 e. The lowest BCUT2D eigenvalue weighted by Crippen LogP contribution is -2.29. The Labute approximate surface area is 86.6 Å². The van der Waals surface area contributed by atoms with Crippen molar-refractivity contribution in [3.63, 3.8) is 0 Å². The van der Waals surface area contributed by atoms with E-state index in [1.165, 1.54) is 5.70 Å². The summed E-state index contributed by atoms with van der Waals surface area (Å²) >= 11 is 0. The summed E-state index contributed by atoms with van der Waals surface area (Å²) in [6.45, 7) is 6.54. The molecule has 2 nitrogen and oxygen atoms in total. The Kier molecular flexibility index (Phi) is 3.53. The Hall–Kier alpha value is -1.02. The van der Waals surface area contributed by atoms with E-state index < -0.39 is 0 Å². The molecule has 1 aliphatic rings. The van der Waals surface area contributed by atoms with Gasteiger partial charge in [-0.3, -0.25) is 0 Å². The second kappa shape index (κ2) is 4.47. The van der Waals surface area contributed by atoms with E-state index in [2.05, 4.69) is 29.7 Å². The molecule has 0 N–H and O–H groups in total. The summed E-state index contributed by atoms with van der Waals surface area (Å²) in [6, 6.07) is 0. The van der Waals surface area contributed by atoms with Gasteiger partial charge in [-0.1, -0.05) is 18.7 Å². The third kappa shape index (κ3) is 2.26. The molecular weight excluding hydrogens is 174 g/mol. The van der Waals surface area contributed by atoms with Crippen LogP contribution in [0.2, 0.25) is 0 Å². The summed E-state index contributed by atoms with van der Waals surface area (Å²) in [5, 5.41) is 0. The summed E-state index contributed by atoms with van der Waals surface area (Å²) in [4.78, 5) is 2.09. The molecule has 1 atom stereocenters. The molecule has 0 aliphatic heterocycles. The van der Waals surface area contributed by atoms with Gasteiger partial charge in [-0.25, -0.2) is 0 Å². The molecular formula is C12H19NO. The van der Waals surface area contributed by atoms with Gasteiger partial charge in [0.15, 0.2) is 0 Å². The van der Waals surface area contributed by atoms with Gasteiger partial charge in [-0.2, -0.15) is 0 Å². The summed E-state index contributed by atoms with van der Waals surface area (Å²) in [5.74, 6) is 0. The first-order valence-corrected chi connectivity index (χ1v) is 4.98. The lowest BCUT2D eigenvalue weighted by atomic mass is 9.94. The zero-order valence-electron chi connectivity index (χ0n) is 9.29. The van der Waals surface area contributed by atoms with E-state index in [0.717, 1.165) is 6.42 Å². The number of nitrogens with zero attached hydrogens (tertiary/aromatic N) is 1. The fourth-order valence-corrected chi connectivity index (χ4v) is 1.54. The van der Waals surface area contributed by atoms with Gasteiger partial charge in [-0.05, 0) is 19.1 Å². The zero-order chi connectivity index (χ0) is 10.6. The Bertz CT molecular complexity index is 265. The van der Waals surface area contributed by atoms with Crippen molar-refractivity contribution >= 4 is 0 Å². The van der Waals surface area contributed by atoms with Crippen LogP contribution in [0, 0.1) is 0 Å². The van der Waals surface area contributed by atoms with Crippen molar-refractivity contribution in [2.24, 2.45) is 0 Å². The number of ether oxygens (including phenoxy) is 1. The topological polar surface area (TPSA) is 12.5 Å². The van der Waals surface area contributed by atoms with Crippen LogP contribution in [0.4, 0.5) is 0 Å². The minimum Gasteiger partial charge on any atom is -0.378 e. The SMILES string of the molecule is C=CC1(OCC)C=CC(N(C)C)=CC1. The molecule has 0 aromatic heterocycles. The highest BCUT2D eigenvalue weighted by Gasteiger charge is 2.25. The summed E-state index contributed by atoms with van der Waals surface area (Å²) < 4.78 is 5.68. The quantitative estimate of drug-likeness (QED) is 0.635. The van der Waals surface area contributed by atoms with Crippen molar-refractivity contribution in [1.82, 2.24) is 4.90 Å². The molecule has 0 spiro atoms. The third-order valence-electron chi connectivity index (χ3n) is 2.44. The molecule has 0 radical (unpaired) electrons. The smallest absolute Gasteiger partial charge is 0.108 e. The fraction of sp³-hybridized carbons (Fsp3) is 0.500. The Morgan fingerprint density at radius 2 is 2.36 bits per heavy atom. The Balaban J connectivity index is 2.74. The van der Waals surface area contributed by atoms with E-state index in [1.54, 1.807) is 0 Å². The predicted molar refractivity (Wildman–Crippen MR) is 60.1 cm³/mol. The van der Waals surface area contributed by atoms with Gasteiger partial charge >= 0.3 is 0 Å². The second-order valence-electron chi connectivity index (χ2n) is 3.65. The van der Waals surface area contributed by atoms with Crippen LogP contribution >= 0.6 is 0 Å². The van der Waals surface area contributed by atoms with E-state index in [9.17, 15) is 0 Å². The molecule has 1 aliphatic carbocycles. The number of rotatable bonds is 4. The van der Waals surface area contributed by atoms with Crippen molar-refractivity contribution < 1.29 is 4.74 Å². The van der Waals surface area contributed by atoms with Gasteiger partial charge in [-0.15, -0.1) is 0 Å². The molecule has 14 heavy (non-hydrogen) atoms. The highest BCUT2D eigenvalue weighted by molar-refractivity contribution is 5.30. The van der Waals surface area contributed by atoms with Crippen molar-refractivity contribution in [3.05, 3.63) is 36.6 Å². The number of hydrogen-bond donors (Lipinski definition) is 0. The van der Waals surface area contributed by atoms with Crippen LogP contribution < -0.4 is 0 Å². The summed E-state index contributed by atoms with van der Waals surface area (Å²) in [5.41, 5.74) is 0.941. The lowest BCUT2D eigenvalue weighted by Gasteiger charge is -2.30. The molecule has 0 heterocycles. The first kappa shape index (κ1) is 11.1. The normalized spacial score (nSPS) is 25.8. The van der Waals surface area contributed by atoms with Crippen LogP contribution in [0.25, 0.3) is 0 Å². The lowest BCUT2D eigenvalue weighted by molar-refractivity contribution is 0.0375. The molecule has 0 bridgehead atoms. The van der Waals surface area contributed by atoms with Crippen LogP contribution in [-0.2, 0) is 4.74 Å². The van der Waals surface area contributed by atoms with E-state index in [1.807, 2.05) is 27.1 Å². The standard InChI is InChI=1S/C12H19NO/c1-5-12(14-6-2)9-7-11(8-10-12)13(3)4/h5,7-9H,1,6,10H2,2-4H3. The second-order valence-corrected chi connectivity index (χ2v) is 3.65. The first-order valence-electron chi connectivity index (χ1n) is 4.98. The first-order chi connectivity index (χ1) is 6.63. The Morgan fingerprint density at radius 3 is 2.71 bits per heavy atom. The maximum atomic E-state index is 5.68. The van der Waals surface area contributed by atoms with E-state index in [-0.39, 0.29) is 5.60 Å². The number of allylic oxidation sites excluding steroid dienone is 1. The number of likely N-dealkylation sites (N-methyl/N-ethyl adjacent to an activating group) is 1. The molecule has 78 valence electrons. The highest BCUT2D eigenvalue weighted by atomic mass is 16.5.